The van der Waals surface area contributed by atoms with Crippen LogP contribution < -0.4 is 10.2 Å². The van der Waals surface area contributed by atoms with Crippen molar-refractivity contribution in [1.82, 2.24) is 10.3 Å². The van der Waals surface area contributed by atoms with Gasteiger partial charge in [-0.15, -0.1) is 0 Å². The van der Waals surface area contributed by atoms with Crippen molar-refractivity contribution < 1.29 is 13.2 Å². The normalized spacial score (nSPS) is 23.8. The minimum atomic E-state index is -2.93. The van der Waals surface area contributed by atoms with Crippen molar-refractivity contribution in [2.24, 2.45) is 0 Å². The van der Waals surface area contributed by atoms with Gasteiger partial charge in [0.15, 0.2) is 9.84 Å². The summed E-state index contributed by atoms with van der Waals surface area (Å²) in [6, 6.07) is 3.78. The third-order valence-electron chi connectivity index (χ3n) is 5.08. The van der Waals surface area contributed by atoms with Gasteiger partial charge in [0, 0.05) is 31.0 Å². The highest BCUT2D eigenvalue weighted by atomic mass is 32.2. The van der Waals surface area contributed by atoms with Crippen molar-refractivity contribution in [3.8, 4) is 0 Å². The molecular formula is C17H25N3O3S. The van der Waals surface area contributed by atoms with Crippen LogP contribution >= 0.6 is 0 Å². The molecule has 2 fully saturated rings. The highest BCUT2D eigenvalue weighted by molar-refractivity contribution is 7.91. The SMILES string of the molecule is CN(c1ccnc(C(=O)NC2CCCCC2)c1)C1CCS(=O)(=O)C1. The van der Waals surface area contributed by atoms with Gasteiger partial charge in [0.25, 0.3) is 5.91 Å². The van der Waals surface area contributed by atoms with E-state index in [2.05, 4.69) is 10.3 Å². The quantitative estimate of drug-likeness (QED) is 0.894. The number of amides is 1. The third kappa shape index (κ3) is 4.06. The molecule has 1 N–H and O–H groups in total. The Balaban J connectivity index is 1.68. The second-order valence-electron chi connectivity index (χ2n) is 6.88. The number of anilines is 1. The van der Waals surface area contributed by atoms with E-state index >= 15 is 0 Å². The first-order valence-corrected chi connectivity index (χ1v) is 10.5. The molecule has 2 heterocycles. The van der Waals surface area contributed by atoms with Crippen LogP contribution in [0.5, 0.6) is 0 Å². The molecule has 1 atom stereocenters. The van der Waals surface area contributed by atoms with Gasteiger partial charge < -0.3 is 10.2 Å². The van der Waals surface area contributed by atoms with Gasteiger partial charge in [-0.2, -0.15) is 0 Å². The molecule has 1 saturated heterocycles. The van der Waals surface area contributed by atoms with Crippen LogP contribution in [0.1, 0.15) is 49.0 Å². The maximum Gasteiger partial charge on any atom is 0.270 e. The highest BCUT2D eigenvalue weighted by Gasteiger charge is 2.31. The first-order valence-electron chi connectivity index (χ1n) is 8.65. The fourth-order valence-corrected chi connectivity index (χ4v) is 5.34. The van der Waals surface area contributed by atoms with Crippen molar-refractivity contribution in [3.63, 3.8) is 0 Å². The minimum Gasteiger partial charge on any atom is -0.370 e. The van der Waals surface area contributed by atoms with Crippen molar-refractivity contribution in [3.05, 3.63) is 24.0 Å². The van der Waals surface area contributed by atoms with Crippen LogP contribution in [0.3, 0.4) is 0 Å². The summed E-state index contributed by atoms with van der Waals surface area (Å²) >= 11 is 0. The number of nitrogens with zero attached hydrogens (tertiary/aromatic N) is 2. The number of rotatable bonds is 4. The zero-order valence-corrected chi connectivity index (χ0v) is 14.9. The molecule has 1 saturated carbocycles. The van der Waals surface area contributed by atoms with Crippen LogP contribution in [0.15, 0.2) is 18.3 Å². The molecule has 24 heavy (non-hydrogen) atoms. The van der Waals surface area contributed by atoms with E-state index in [0.29, 0.717) is 12.1 Å². The monoisotopic (exact) mass is 351 g/mol. The lowest BCUT2D eigenvalue weighted by Gasteiger charge is -2.26. The van der Waals surface area contributed by atoms with E-state index in [4.69, 9.17) is 0 Å². The van der Waals surface area contributed by atoms with Crippen molar-refractivity contribution in [1.29, 1.82) is 0 Å². The molecule has 2 aliphatic rings. The van der Waals surface area contributed by atoms with E-state index in [1.165, 1.54) is 6.42 Å². The molecule has 1 aromatic rings. The zero-order chi connectivity index (χ0) is 17.2. The fourth-order valence-electron chi connectivity index (χ4n) is 3.56. The Morgan fingerprint density at radius 2 is 2.00 bits per heavy atom. The van der Waals surface area contributed by atoms with Crippen LogP contribution in [0.25, 0.3) is 0 Å². The lowest BCUT2D eigenvalue weighted by molar-refractivity contribution is 0.0922. The molecule has 1 aliphatic heterocycles. The summed E-state index contributed by atoms with van der Waals surface area (Å²) in [5.74, 6) is 0.272. The van der Waals surface area contributed by atoms with Crippen LogP contribution in [0.2, 0.25) is 0 Å². The number of sulfone groups is 1. The van der Waals surface area contributed by atoms with E-state index in [-0.39, 0.29) is 29.5 Å². The Morgan fingerprint density at radius 3 is 2.67 bits per heavy atom. The van der Waals surface area contributed by atoms with Gasteiger partial charge in [-0.3, -0.25) is 9.78 Å². The predicted octanol–water partition coefficient (Wildman–Crippen LogP) is 1.77. The van der Waals surface area contributed by atoms with Gasteiger partial charge >= 0.3 is 0 Å². The Hall–Kier alpha value is -1.63. The molecule has 1 aliphatic carbocycles. The molecule has 0 radical (unpaired) electrons. The summed E-state index contributed by atoms with van der Waals surface area (Å²) in [6.07, 6.45) is 7.89. The van der Waals surface area contributed by atoms with E-state index in [1.807, 2.05) is 18.0 Å². The van der Waals surface area contributed by atoms with Crippen LogP contribution in [0.4, 0.5) is 5.69 Å². The molecule has 0 bridgehead atoms. The molecule has 0 aromatic carbocycles. The Labute approximate surface area is 143 Å². The predicted molar refractivity (Wildman–Crippen MR) is 94.0 cm³/mol. The first-order chi connectivity index (χ1) is 11.4. The van der Waals surface area contributed by atoms with Gasteiger partial charge in [0.2, 0.25) is 0 Å². The average Bonchev–Trinajstić information content (AvgIpc) is 2.95. The van der Waals surface area contributed by atoms with Gasteiger partial charge in [0.05, 0.1) is 11.5 Å². The van der Waals surface area contributed by atoms with Crippen molar-refractivity contribution >= 4 is 21.4 Å². The van der Waals surface area contributed by atoms with Crippen LogP contribution in [-0.4, -0.2) is 49.9 Å². The Bertz CT molecular complexity index is 699. The molecule has 1 amide bonds. The number of nitrogens with one attached hydrogen (secondary N) is 1. The van der Waals surface area contributed by atoms with E-state index in [1.54, 1.807) is 12.3 Å². The topological polar surface area (TPSA) is 79.4 Å². The minimum absolute atomic E-state index is 0.0355. The molecule has 7 heteroatoms. The second-order valence-corrected chi connectivity index (χ2v) is 9.10. The molecule has 0 spiro atoms. The molecular weight excluding hydrogens is 326 g/mol. The van der Waals surface area contributed by atoms with Gasteiger partial charge in [-0.1, -0.05) is 19.3 Å². The molecule has 6 nitrogen and oxygen atoms in total. The van der Waals surface area contributed by atoms with E-state index in [0.717, 1.165) is 31.4 Å². The van der Waals surface area contributed by atoms with Gasteiger partial charge in [0.1, 0.15) is 5.69 Å². The molecule has 1 aromatic heterocycles. The Morgan fingerprint density at radius 1 is 1.25 bits per heavy atom. The number of hydrogen-bond donors (Lipinski definition) is 1. The van der Waals surface area contributed by atoms with Gasteiger partial charge in [-0.25, -0.2) is 8.42 Å². The number of aromatic nitrogens is 1. The number of hydrogen-bond acceptors (Lipinski definition) is 5. The standard InChI is InChI=1S/C17H25N3O3S/c1-20(15-8-10-24(22,23)12-15)14-7-9-18-16(11-14)17(21)19-13-5-3-2-4-6-13/h7,9,11,13,15H,2-6,8,10,12H2,1H3,(H,19,21). The molecule has 3 rings (SSSR count). The number of carbonyl (C=O) groups is 1. The summed E-state index contributed by atoms with van der Waals surface area (Å²) < 4.78 is 23.3. The van der Waals surface area contributed by atoms with Crippen LogP contribution in [0, 0.1) is 0 Å². The fraction of sp³-hybridized carbons (Fsp3) is 0.647. The number of carbonyl (C=O) groups excluding carboxylic acids is 1. The summed E-state index contributed by atoms with van der Waals surface area (Å²) in [6.45, 7) is 0. The Kier molecular flexibility index (Phi) is 5.08. The van der Waals surface area contributed by atoms with Crippen molar-refractivity contribution in [2.75, 3.05) is 23.5 Å². The van der Waals surface area contributed by atoms with Crippen molar-refractivity contribution in [2.45, 2.75) is 50.6 Å². The van der Waals surface area contributed by atoms with Crippen LogP contribution in [-0.2, 0) is 9.84 Å². The van der Waals surface area contributed by atoms with E-state index < -0.39 is 9.84 Å². The first kappa shape index (κ1) is 17.2. The smallest absolute Gasteiger partial charge is 0.270 e. The maximum atomic E-state index is 12.4. The summed E-state index contributed by atoms with van der Waals surface area (Å²) in [5, 5.41) is 3.07. The molecule has 1 unspecified atom stereocenters. The average molecular weight is 351 g/mol. The second kappa shape index (κ2) is 7.09. The third-order valence-corrected chi connectivity index (χ3v) is 6.83. The highest BCUT2D eigenvalue weighted by Crippen LogP contribution is 2.23. The van der Waals surface area contributed by atoms with E-state index in [9.17, 15) is 13.2 Å². The largest absolute Gasteiger partial charge is 0.370 e. The lowest BCUT2D eigenvalue weighted by atomic mass is 9.95. The summed E-state index contributed by atoms with van der Waals surface area (Å²) in [5.41, 5.74) is 1.23. The van der Waals surface area contributed by atoms with Gasteiger partial charge in [-0.05, 0) is 31.4 Å². The maximum absolute atomic E-state index is 12.4. The summed E-state index contributed by atoms with van der Waals surface area (Å²) in [4.78, 5) is 18.6. The zero-order valence-electron chi connectivity index (χ0n) is 14.1. The molecule has 132 valence electrons. The number of pyridine rings is 1. The lowest BCUT2D eigenvalue weighted by Crippen LogP contribution is -2.37. The summed E-state index contributed by atoms with van der Waals surface area (Å²) in [7, 11) is -1.05.